The lowest BCUT2D eigenvalue weighted by Crippen LogP contribution is -2.37. The molecule has 0 radical (unpaired) electrons. The number of anilines is 1. The van der Waals surface area contributed by atoms with Crippen LogP contribution in [0.4, 0.5) is 5.13 Å². The van der Waals surface area contributed by atoms with Gasteiger partial charge < -0.3 is 4.74 Å². The number of ether oxygens (including phenoxy) is 1. The van der Waals surface area contributed by atoms with Crippen molar-refractivity contribution in [1.29, 1.82) is 0 Å². The Balaban J connectivity index is 1.43. The maximum Gasteiger partial charge on any atom is 0.260 e. The van der Waals surface area contributed by atoms with Crippen molar-refractivity contribution in [3.8, 4) is 0 Å². The fraction of sp³-hybridized carbons (Fsp3) is 0.462. The van der Waals surface area contributed by atoms with Gasteiger partial charge in [-0.15, -0.1) is 0 Å². The fourth-order valence-electron chi connectivity index (χ4n) is 4.79. The first-order chi connectivity index (χ1) is 16.9. The van der Waals surface area contributed by atoms with E-state index in [9.17, 15) is 13.2 Å². The first kappa shape index (κ1) is 24.4. The summed E-state index contributed by atoms with van der Waals surface area (Å²) in [5, 5.41) is 0.635. The third-order valence-corrected chi connectivity index (χ3v) is 9.76. The molecule has 1 aromatic heterocycles. The summed E-state index contributed by atoms with van der Waals surface area (Å²) in [5.74, 6) is -0.198. The molecule has 1 unspecified atom stereocenters. The molecule has 0 saturated carbocycles. The molecule has 0 spiro atoms. The number of para-hydroxylation sites is 1. The molecule has 1 atom stereocenters. The van der Waals surface area contributed by atoms with Gasteiger partial charge in [0, 0.05) is 25.3 Å². The summed E-state index contributed by atoms with van der Waals surface area (Å²) < 4.78 is 34.7. The molecule has 2 saturated heterocycles. The molecule has 1 amide bonds. The minimum absolute atomic E-state index is 0.0326. The molecule has 3 aromatic rings. The number of aryl methyl sites for hydroxylation is 1. The van der Waals surface area contributed by atoms with E-state index in [-0.39, 0.29) is 16.9 Å². The van der Waals surface area contributed by atoms with Crippen LogP contribution in [0.1, 0.15) is 54.4 Å². The summed E-state index contributed by atoms with van der Waals surface area (Å²) >= 11 is 1.49. The number of hydrogen-bond acceptors (Lipinski definition) is 6. The van der Waals surface area contributed by atoms with Gasteiger partial charge in [-0.2, -0.15) is 4.31 Å². The van der Waals surface area contributed by atoms with E-state index in [1.54, 1.807) is 33.5 Å². The molecule has 35 heavy (non-hydrogen) atoms. The summed E-state index contributed by atoms with van der Waals surface area (Å²) in [6, 6.07) is 12.4. The van der Waals surface area contributed by atoms with Crippen LogP contribution in [0.5, 0.6) is 0 Å². The number of fused-ring (bicyclic) bond motifs is 1. The van der Waals surface area contributed by atoms with E-state index >= 15 is 0 Å². The fourth-order valence-corrected chi connectivity index (χ4v) is 7.35. The highest BCUT2D eigenvalue weighted by Gasteiger charge is 2.29. The minimum Gasteiger partial charge on any atom is -0.376 e. The third-order valence-electron chi connectivity index (χ3n) is 6.80. The molecule has 2 aliphatic heterocycles. The van der Waals surface area contributed by atoms with Crippen LogP contribution in [-0.4, -0.2) is 56.0 Å². The molecule has 5 rings (SSSR count). The summed E-state index contributed by atoms with van der Waals surface area (Å²) in [5.41, 5.74) is 2.41. The molecule has 7 nitrogen and oxygen atoms in total. The van der Waals surface area contributed by atoms with Gasteiger partial charge in [0.1, 0.15) is 0 Å². The highest BCUT2D eigenvalue weighted by Crippen LogP contribution is 2.32. The van der Waals surface area contributed by atoms with Crippen LogP contribution in [-0.2, 0) is 14.8 Å². The van der Waals surface area contributed by atoms with E-state index in [2.05, 4.69) is 0 Å². The zero-order valence-electron chi connectivity index (χ0n) is 20.0. The zero-order valence-corrected chi connectivity index (χ0v) is 21.6. The lowest BCUT2D eigenvalue weighted by atomic mass is 10.2. The number of hydrogen-bond donors (Lipinski definition) is 0. The highest BCUT2D eigenvalue weighted by molar-refractivity contribution is 7.89. The average Bonchev–Trinajstić information content (AvgIpc) is 3.45. The Labute approximate surface area is 210 Å². The van der Waals surface area contributed by atoms with E-state index in [1.165, 1.54) is 11.3 Å². The van der Waals surface area contributed by atoms with Gasteiger partial charge in [0.15, 0.2) is 5.13 Å². The Morgan fingerprint density at radius 3 is 2.49 bits per heavy atom. The van der Waals surface area contributed by atoms with Gasteiger partial charge in [-0.05, 0) is 68.5 Å². The standard InChI is InChI=1S/C26H31N3O4S2/c1-19-8-6-10-23-24(19)27-26(34-23)29(18-21-9-7-17-33-21)25(30)20-11-13-22(14-12-20)35(31,32)28-15-4-2-3-5-16-28/h6,8,10-14,21H,2-5,7,9,15-18H2,1H3. The zero-order chi connectivity index (χ0) is 24.4. The van der Waals surface area contributed by atoms with Crippen LogP contribution in [0.25, 0.3) is 10.2 Å². The number of aromatic nitrogens is 1. The van der Waals surface area contributed by atoms with Crippen LogP contribution >= 0.6 is 11.3 Å². The molecule has 0 aliphatic carbocycles. The van der Waals surface area contributed by atoms with Gasteiger partial charge >= 0.3 is 0 Å². The van der Waals surface area contributed by atoms with Crippen molar-refractivity contribution in [1.82, 2.24) is 9.29 Å². The highest BCUT2D eigenvalue weighted by atomic mass is 32.2. The second kappa shape index (κ2) is 10.3. The van der Waals surface area contributed by atoms with E-state index in [4.69, 9.17) is 9.72 Å². The van der Waals surface area contributed by atoms with Gasteiger partial charge in [0.25, 0.3) is 5.91 Å². The smallest absolute Gasteiger partial charge is 0.260 e. The Kier molecular flexibility index (Phi) is 7.20. The van der Waals surface area contributed by atoms with Crippen LogP contribution < -0.4 is 4.90 Å². The molecular weight excluding hydrogens is 482 g/mol. The maximum atomic E-state index is 13.7. The number of thiazole rings is 1. The largest absolute Gasteiger partial charge is 0.376 e. The molecular formula is C26H31N3O4S2. The van der Waals surface area contributed by atoms with Gasteiger partial charge in [-0.3, -0.25) is 9.69 Å². The quantitative estimate of drug-likeness (QED) is 0.464. The molecule has 186 valence electrons. The number of benzene rings is 2. The molecule has 2 aromatic carbocycles. The second-order valence-corrected chi connectivity index (χ2v) is 12.3. The van der Waals surface area contributed by atoms with Gasteiger partial charge in [0.2, 0.25) is 10.0 Å². The summed E-state index contributed by atoms with van der Waals surface area (Å²) in [6.07, 6.45) is 5.74. The van der Waals surface area contributed by atoms with E-state index < -0.39 is 10.0 Å². The Hall–Kier alpha value is -2.33. The normalized spacial score (nSPS) is 19.6. The van der Waals surface area contributed by atoms with Gasteiger partial charge in [-0.1, -0.05) is 36.3 Å². The van der Waals surface area contributed by atoms with Crippen molar-refractivity contribution >= 4 is 42.6 Å². The van der Waals surface area contributed by atoms with Crippen molar-refractivity contribution in [2.75, 3.05) is 31.1 Å². The molecule has 0 N–H and O–H groups in total. The molecule has 0 bridgehead atoms. The molecule has 2 aliphatic rings. The molecule has 9 heteroatoms. The number of rotatable bonds is 6. The summed E-state index contributed by atoms with van der Waals surface area (Å²) in [7, 11) is -3.56. The lowest BCUT2D eigenvalue weighted by molar-refractivity contribution is 0.0917. The Bertz CT molecular complexity index is 1290. The maximum absolute atomic E-state index is 13.7. The van der Waals surface area contributed by atoms with E-state index in [0.29, 0.717) is 36.9 Å². The molecule has 2 fully saturated rings. The second-order valence-electron chi connectivity index (χ2n) is 9.31. The number of amides is 1. The monoisotopic (exact) mass is 513 g/mol. The van der Waals surface area contributed by atoms with Crippen LogP contribution in [0.15, 0.2) is 47.4 Å². The van der Waals surface area contributed by atoms with E-state index in [0.717, 1.165) is 54.3 Å². The number of carbonyl (C=O) groups is 1. The topological polar surface area (TPSA) is 79.8 Å². The van der Waals surface area contributed by atoms with Crippen molar-refractivity contribution in [3.63, 3.8) is 0 Å². The molecule has 3 heterocycles. The lowest BCUT2D eigenvalue weighted by Gasteiger charge is -2.23. The van der Waals surface area contributed by atoms with Crippen molar-refractivity contribution < 1.29 is 17.9 Å². The number of carbonyl (C=O) groups excluding carboxylic acids is 1. The van der Waals surface area contributed by atoms with Crippen molar-refractivity contribution in [3.05, 3.63) is 53.6 Å². The predicted octanol–water partition coefficient (Wildman–Crippen LogP) is 5.00. The first-order valence-electron chi connectivity index (χ1n) is 12.3. The van der Waals surface area contributed by atoms with Crippen molar-refractivity contribution in [2.24, 2.45) is 0 Å². The van der Waals surface area contributed by atoms with Crippen LogP contribution in [0.2, 0.25) is 0 Å². The van der Waals surface area contributed by atoms with Crippen LogP contribution in [0, 0.1) is 6.92 Å². The minimum atomic E-state index is -3.56. The average molecular weight is 514 g/mol. The number of sulfonamides is 1. The summed E-state index contributed by atoms with van der Waals surface area (Å²) in [6.45, 7) is 4.24. The predicted molar refractivity (Wildman–Crippen MR) is 139 cm³/mol. The van der Waals surface area contributed by atoms with Gasteiger partial charge in [0.05, 0.1) is 27.8 Å². The van der Waals surface area contributed by atoms with Crippen LogP contribution in [0.3, 0.4) is 0 Å². The summed E-state index contributed by atoms with van der Waals surface area (Å²) in [4.78, 5) is 20.4. The Morgan fingerprint density at radius 2 is 1.83 bits per heavy atom. The first-order valence-corrected chi connectivity index (χ1v) is 14.6. The third kappa shape index (κ3) is 5.14. The van der Waals surface area contributed by atoms with Crippen molar-refractivity contribution in [2.45, 2.75) is 56.4 Å². The number of nitrogens with zero attached hydrogens (tertiary/aromatic N) is 3. The SMILES string of the molecule is Cc1cccc2sc(N(CC3CCCO3)C(=O)c3ccc(S(=O)(=O)N4CCCCCC4)cc3)nc12. The van der Waals surface area contributed by atoms with Gasteiger partial charge in [-0.25, -0.2) is 13.4 Å². The Morgan fingerprint density at radius 1 is 1.09 bits per heavy atom. The van der Waals surface area contributed by atoms with E-state index in [1.807, 2.05) is 25.1 Å².